The fourth-order valence-corrected chi connectivity index (χ4v) is 1.67. The van der Waals surface area contributed by atoms with E-state index in [1.807, 2.05) is 0 Å². The van der Waals surface area contributed by atoms with Gasteiger partial charge in [-0.3, -0.25) is 4.79 Å². The third-order valence-electron chi connectivity index (χ3n) is 2.94. The van der Waals surface area contributed by atoms with Crippen molar-refractivity contribution in [3.63, 3.8) is 0 Å². The highest BCUT2D eigenvalue weighted by Crippen LogP contribution is 2.04. The van der Waals surface area contributed by atoms with Crippen molar-refractivity contribution in [3.05, 3.63) is 0 Å². The Kier molecular flexibility index (Phi) is 16.0. The zero-order valence-corrected chi connectivity index (χ0v) is 14.1. The molecule has 0 bridgehead atoms. The summed E-state index contributed by atoms with van der Waals surface area (Å²) in [7, 11) is 0. The van der Waals surface area contributed by atoms with Crippen molar-refractivity contribution in [2.24, 2.45) is 0 Å². The van der Waals surface area contributed by atoms with Crippen LogP contribution < -0.4 is 0 Å². The van der Waals surface area contributed by atoms with Crippen LogP contribution in [-0.2, 0) is 4.79 Å². The van der Waals surface area contributed by atoms with E-state index in [1.54, 1.807) is 0 Å². The minimum Gasteiger partial charge on any atom is -0.481 e. The molecule has 0 radical (unpaired) electrons. The van der Waals surface area contributed by atoms with Crippen molar-refractivity contribution in [2.75, 3.05) is 0 Å². The second-order valence-corrected chi connectivity index (χ2v) is 5.08. The molecule has 0 aromatic rings. The Morgan fingerprint density at radius 3 is 2.09 bits per heavy atom. The van der Waals surface area contributed by atoms with Gasteiger partial charge in [0.25, 0.3) is 0 Å². The van der Waals surface area contributed by atoms with E-state index < -0.39 is 5.97 Å². The van der Waals surface area contributed by atoms with Crippen LogP contribution in [0.2, 0.25) is 0 Å². The first-order valence-electron chi connectivity index (χ1n) is 8.36. The van der Waals surface area contributed by atoms with Gasteiger partial charge in [0.15, 0.2) is 0 Å². The van der Waals surface area contributed by atoms with Gasteiger partial charge in [-0.2, -0.15) is 0 Å². The molecule has 0 spiro atoms. The van der Waals surface area contributed by atoms with E-state index >= 15 is 0 Å². The molecule has 0 amide bonds. The second-order valence-electron chi connectivity index (χ2n) is 5.08. The Balaban J connectivity index is 3.53. The molecule has 0 saturated heterocycles. The molecular formula is C21H26O2. The van der Waals surface area contributed by atoms with Gasteiger partial charge in [0.1, 0.15) is 0 Å². The summed E-state index contributed by atoms with van der Waals surface area (Å²) < 4.78 is 0. The Labute approximate surface area is 141 Å². The number of rotatable bonds is 8. The van der Waals surface area contributed by atoms with Gasteiger partial charge in [-0.25, -0.2) is 0 Å². The van der Waals surface area contributed by atoms with Gasteiger partial charge in [-0.1, -0.05) is 55.8 Å². The van der Waals surface area contributed by atoms with Crippen molar-refractivity contribution in [3.8, 4) is 47.4 Å². The molecule has 0 aliphatic heterocycles. The van der Waals surface area contributed by atoms with Crippen molar-refractivity contribution in [2.45, 2.75) is 77.6 Å². The highest BCUT2D eigenvalue weighted by molar-refractivity contribution is 5.66. The average molecular weight is 310 g/mol. The summed E-state index contributed by atoms with van der Waals surface area (Å²) in [4.78, 5) is 10.3. The lowest BCUT2D eigenvalue weighted by atomic mass is 10.1. The molecule has 0 aromatic heterocycles. The maximum atomic E-state index is 10.3. The maximum absolute atomic E-state index is 10.3. The molecule has 1 N–H and O–H groups in total. The topological polar surface area (TPSA) is 37.3 Å². The van der Waals surface area contributed by atoms with Crippen molar-refractivity contribution < 1.29 is 9.90 Å². The summed E-state index contributed by atoms with van der Waals surface area (Å²) in [5, 5.41) is 8.50. The quantitative estimate of drug-likeness (QED) is 0.533. The largest absolute Gasteiger partial charge is 0.481 e. The number of unbranched alkanes of at least 4 members (excludes halogenated alkanes) is 6. The van der Waals surface area contributed by atoms with Crippen LogP contribution in [0, 0.1) is 47.4 Å². The lowest BCUT2D eigenvalue weighted by Gasteiger charge is -1.95. The predicted octanol–water partition coefficient (Wildman–Crippen LogP) is 4.40. The molecule has 0 unspecified atom stereocenters. The summed E-state index contributed by atoms with van der Waals surface area (Å²) in [5.41, 5.74) is 0. The first-order valence-corrected chi connectivity index (χ1v) is 8.36. The Morgan fingerprint density at radius 1 is 0.739 bits per heavy atom. The Hall–Kier alpha value is -2.29. The zero-order valence-electron chi connectivity index (χ0n) is 14.1. The predicted molar refractivity (Wildman–Crippen MR) is 95.2 cm³/mol. The number of hydrogen-bond donors (Lipinski definition) is 1. The number of carbonyl (C=O) groups is 1. The van der Waals surface area contributed by atoms with Crippen LogP contribution in [0.3, 0.4) is 0 Å². The maximum Gasteiger partial charge on any atom is 0.303 e. The number of hydrogen-bond acceptors (Lipinski definition) is 1. The average Bonchev–Trinajstić information content (AvgIpc) is 2.53. The molecular weight excluding hydrogens is 284 g/mol. The van der Waals surface area contributed by atoms with Crippen molar-refractivity contribution in [1.29, 1.82) is 0 Å². The number of carboxylic acid groups (broad SMARTS) is 1. The Morgan fingerprint density at radius 2 is 1.35 bits per heavy atom. The molecule has 0 aromatic carbocycles. The van der Waals surface area contributed by atoms with Crippen molar-refractivity contribution >= 4 is 5.97 Å². The minimum absolute atomic E-state index is 0.272. The van der Waals surface area contributed by atoms with E-state index in [0.717, 1.165) is 44.9 Å². The fourth-order valence-electron chi connectivity index (χ4n) is 1.67. The number of aliphatic carboxylic acids is 1. The van der Waals surface area contributed by atoms with E-state index in [1.165, 1.54) is 6.42 Å². The highest BCUT2D eigenvalue weighted by Gasteiger charge is 1.95. The molecule has 23 heavy (non-hydrogen) atoms. The van der Waals surface area contributed by atoms with Crippen molar-refractivity contribution in [1.82, 2.24) is 0 Å². The Bertz CT molecular complexity index is 556. The summed E-state index contributed by atoms with van der Waals surface area (Å²) in [6.07, 6.45) is 9.30. The van der Waals surface area contributed by atoms with Crippen LogP contribution in [0.4, 0.5) is 0 Å². The molecule has 0 aliphatic carbocycles. The molecule has 2 nitrogen and oxygen atoms in total. The van der Waals surface area contributed by atoms with E-state index in [2.05, 4.69) is 54.3 Å². The molecule has 122 valence electrons. The van der Waals surface area contributed by atoms with E-state index in [-0.39, 0.29) is 6.42 Å². The monoisotopic (exact) mass is 310 g/mol. The summed E-state index contributed by atoms with van der Waals surface area (Å²) in [6.45, 7) is 2.15. The summed E-state index contributed by atoms with van der Waals surface area (Å²) in [6, 6.07) is 0. The molecule has 0 rings (SSSR count). The van der Waals surface area contributed by atoms with Gasteiger partial charge < -0.3 is 5.11 Å². The highest BCUT2D eigenvalue weighted by atomic mass is 16.4. The van der Waals surface area contributed by atoms with Gasteiger partial charge in [-0.05, 0) is 31.1 Å². The van der Waals surface area contributed by atoms with Crippen LogP contribution in [0.25, 0.3) is 0 Å². The second kappa shape index (κ2) is 17.8. The van der Waals surface area contributed by atoms with E-state index in [9.17, 15) is 4.79 Å². The van der Waals surface area contributed by atoms with Crippen LogP contribution in [0.1, 0.15) is 77.6 Å². The first kappa shape index (κ1) is 20.7. The van der Waals surface area contributed by atoms with Crippen LogP contribution in [-0.4, -0.2) is 11.1 Å². The summed E-state index contributed by atoms with van der Waals surface area (Å²) in [5.74, 6) is 22.9. The van der Waals surface area contributed by atoms with E-state index in [0.29, 0.717) is 12.8 Å². The minimum atomic E-state index is -0.711. The fraction of sp³-hybridized carbons (Fsp3) is 0.571. The number of carboxylic acids is 1. The van der Waals surface area contributed by atoms with Crippen LogP contribution in [0.15, 0.2) is 0 Å². The van der Waals surface area contributed by atoms with Gasteiger partial charge >= 0.3 is 5.97 Å². The van der Waals surface area contributed by atoms with Crippen LogP contribution in [0.5, 0.6) is 0 Å². The zero-order chi connectivity index (χ0) is 17.0. The molecule has 0 atom stereocenters. The van der Waals surface area contributed by atoms with E-state index in [4.69, 9.17) is 5.11 Å². The third-order valence-corrected chi connectivity index (χ3v) is 2.94. The molecule has 0 heterocycles. The molecule has 2 heteroatoms. The summed E-state index contributed by atoms with van der Waals surface area (Å²) >= 11 is 0. The molecule has 0 fully saturated rings. The standard InChI is InChI=1S/C21H26O2/c1-2-3-4-5-6-7-8-9-10-11-12-13-14-15-16-17-18-19-20-21(22)23/h2-4,9,12,15-20H2,1H3,(H,22,23). The lowest BCUT2D eigenvalue weighted by Crippen LogP contribution is -1.93. The molecule has 0 aliphatic rings. The SMILES string of the molecule is CCCCC#CC#CCC#CCC#CCCCCCCC(=O)O. The third kappa shape index (κ3) is 19.7. The van der Waals surface area contributed by atoms with Gasteiger partial charge in [0, 0.05) is 19.3 Å². The van der Waals surface area contributed by atoms with Crippen LogP contribution >= 0.6 is 0 Å². The van der Waals surface area contributed by atoms with Gasteiger partial charge in [-0.15, -0.1) is 5.92 Å². The van der Waals surface area contributed by atoms with Gasteiger partial charge in [0.2, 0.25) is 0 Å². The lowest BCUT2D eigenvalue weighted by molar-refractivity contribution is -0.137. The first-order chi connectivity index (χ1) is 11.3. The van der Waals surface area contributed by atoms with Gasteiger partial charge in [0.05, 0.1) is 12.8 Å². The smallest absolute Gasteiger partial charge is 0.303 e. The molecule has 0 saturated carbocycles. The normalized spacial score (nSPS) is 8.22.